The third-order valence-corrected chi connectivity index (χ3v) is 4.02. The highest BCUT2D eigenvalue weighted by atomic mass is 32.2. The van der Waals surface area contributed by atoms with Gasteiger partial charge in [0.25, 0.3) is 5.91 Å². The first-order valence-corrected chi connectivity index (χ1v) is 6.24. The van der Waals surface area contributed by atoms with Crippen molar-refractivity contribution in [1.82, 2.24) is 10.0 Å². The van der Waals surface area contributed by atoms with Crippen molar-refractivity contribution < 1.29 is 9.90 Å². The Morgan fingerprint density at radius 1 is 1.38 bits per heavy atom. The van der Waals surface area contributed by atoms with Crippen LogP contribution in [-0.4, -0.2) is 39.7 Å². The van der Waals surface area contributed by atoms with Crippen molar-refractivity contribution in [2.24, 2.45) is 0 Å². The smallest absolute Gasteiger partial charge is 0.271 e. The summed E-state index contributed by atoms with van der Waals surface area (Å²) in [5.41, 5.74) is 0.691. The van der Waals surface area contributed by atoms with E-state index >= 15 is 0 Å². The number of benzene rings is 1. The molecule has 1 amide bonds. The lowest BCUT2D eigenvalue weighted by Crippen LogP contribution is -2.44. The van der Waals surface area contributed by atoms with Crippen molar-refractivity contribution in [3.63, 3.8) is 0 Å². The van der Waals surface area contributed by atoms with Crippen LogP contribution in [-0.2, 0) is 0 Å². The van der Waals surface area contributed by atoms with E-state index in [1.54, 1.807) is 11.8 Å². The van der Waals surface area contributed by atoms with Crippen molar-refractivity contribution >= 4 is 17.7 Å². The summed E-state index contributed by atoms with van der Waals surface area (Å²) >= 11 is 1.64. The number of hydrogen-bond donors (Lipinski definition) is 1. The minimum Gasteiger partial charge on any atom is -0.372 e. The molecule has 1 aromatic rings. The second-order valence-electron chi connectivity index (χ2n) is 3.92. The molecule has 84 valence electrons. The highest BCUT2D eigenvalue weighted by Gasteiger charge is 2.37. The van der Waals surface area contributed by atoms with Gasteiger partial charge in [0.15, 0.2) is 0 Å². The van der Waals surface area contributed by atoms with Gasteiger partial charge in [-0.1, -0.05) is 12.1 Å². The molecule has 1 N–H and O–H groups in total. The Hall–Kier alpha value is -1.04. The van der Waals surface area contributed by atoms with Gasteiger partial charge >= 0.3 is 0 Å². The first-order chi connectivity index (χ1) is 7.77. The van der Waals surface area contributed by atoms with E-state index in [9.17, 15) is 9.90 Å². The van der Waals surface area contributed by atoms with E-state index < -0.39 is 6.23 Å². The molecule has 16 heavy (non-hydrogen) atoms. The minimum absolute atomic E-state index is 0.0920. The summed E-state index contributed by atoms with van der Waals surface area (Å²) in [7, 11) is 0. The quantitative estimate of drug-likeness (QED) is 0.733. The molecule has 3 rings (SSSR count). The molecular weight excluding hydrogens is 224 g/mol. The van der Waals surface area contributed by atoms with E-state index in [1.807, 2.05) is 29.3 Å². The number of hydrogen-bond acceptors (Lipinski definition) is 4. The number of nitrogens with zero attached hydrogens (tertiary/aromatic N) is 2. The summed E-state index contributed by atoms with van der Waals surface area (Å²) in [6.07, 6.45) is -0.0340. The van der Waals surface area contributed by atoms with Crippen molar-refractivity contribution in [2.75, 3.05) is 12.4 Å². The van der Waals surface area contributed by atoms with Crippen LogP contribution in [0, 0.1) is 0 Å². The Kier molecular flexibility index (Phi) is 2.38. The van der Waals surface area contributed by atoms with E-state index in [0.717, 1.165) is 17.3 Å². The lowest BCUT2D eigenvalue weighted by molar-refractivity contribution is -0.0466. The first kappa shape index (κ1) is 10.1. The molecule has 1 aromatic carbocycles. The molecule has 0 aromatic heterocycles. The van der Waals surface area contributed by atoms with Crippen LogP contribution >= 0.6 is 11.8 Å². The van der Waals surface area contributed by atoms with Crippen molar-refractivity contribution in [2.45, 2.75) is 17.5 Å². The Morgan fingerprint density at radius 3 is 3.06 bits per heavy atom. The molecule has 1 atom stereocenters. The number of carbonyl (C=O) groups is 1. The van der Waals surface area contributed by atoms with Gasteiger partial charge in [-0.15, -0.1) is 11.8 Å². The summed E-state index contributed by atoms with van der Waals surface area (Å²) in [5, 5.41) is 13.2. The van der Waals surface area contributed by atoms with Gasteiger partial charge in [0, 0.05) is 17.9 Å². The molecule has 0 saturated carbocycles. The van der Waals surface area contributed by atoms with E-state index in [0.29, 0.717) is 12.0 Å². The first-order valence-electron chi connectivity index (χ1n) is 5.25. The predicted molar refractivity (Wildman–Crippen MR) is 60.7 cm³/mol. The van der Waals surface area contributed by atoms with Crippen LogP contribution in [0.5, 0.6) is 0 Å². The maximum atomic E-state index is 12.2. The number of hydrazine groups is 1. The Morgan fingerprint density at radius 2 is 2.19 bits per heavy atom. The molecule has 2 aliphatic heterocycles. The Balaban J connectivity index is 2.05. The fraction of sp³-hybridized carbons (Fsp3) is 0.364. The maximum absolute atomic E-state index is 12.2. The van der Waals surface area contributed by atoms with Crippen molar-refractivity contribution in [3.8, 4) is 0 Å². The van der Waals surface area contributed by atoms with Gasteiger partial charge in [0.05, 0.1) is 11.4 Å². The highest BCUT2D eigenvalue weighted by molar-refractivity contribution is 7.99. The highest BCUT2D eigenvalue weighted by Crippen LogP contribution is 2.32. The maximum Gasteiger partial charge on any atom is 0.271 e. The number of aliphatic hydroxyl groups excluding tert-OH is 1. The average molecular weight is 236 g/mol. The second kappa shape index (κ2) is 3.76. The van der Waals surface area contributed by atoms with Crippen LogP contribution < -0.4 is 0 Å². The standard InChI is InChI=1S/C11H12N2O2S/c14-10-5-6-12-7-16-9-4-2-1-3-8(9)11(15)13(10)12/h1-4,10,14H,5-7H2. The van der Waals surface area contributed by atoms with Crippen LogP contribution in [0.3, 0.4) is 0 Å². The predicted octanol–water partition coefficient (Wildman–Crippen LogP) is 1.13. The number of amides is 1. The second-order valence-corrected chi connectivity index (χ2v) is 4.91. The molecule has 1 fully saturated rings. The summed E-state index contributed by atoms with van der Waals surface area (Å²) in [4.78, 5) is 13.2. The minimum atomic E-state index is -0.667. The summed E-state index contributed by atoms with van der Waals surface area (Å²) in [6.45, 7) is 0.744. The van der Waals surface area contributed by atoms with Gasteiger partial charge in [0.1, 0.15) is 6.23 Å². The Bertz CT molecular complexity index is 438. The lowest BCUT2D eigenvalue weighted by Gasteiger charge is -2.27. The van der Waals surface area contributed by atoms with Gasteiger partial charge in [-0.25, -0.2) is 10.0 Å². The molecule has 0 bridgehead atoms. The van der Waals surface area contributed by atoms with Crippen LogP contribution in [0.25, 0.3) is 0 Å². The van der Waals surface area contributed by atoms with Crippen molar-refractivity contribution in [3.05, 3.63) is 29.8 Å². The number of rotatable bonds is 0. The largest absolute Gasteiger partial charge is 0.372 e. The van der Waals surface area contributed by atoms with Crippen LogP contribution in [0.1, 0.15) is 16.8 Å². The summed E-state index contributed by atoms with van der Waals surface area (Å²) < 4.78 is 0. The van der Waals surface area contributed by atoms with E-state index in [1.165, 1.54) is 5.01 Å². The van der Waals surface area contributed by atoms with Crippen LogP contribution in [0.15, 0.2) is 29.2 Å². The van der Waals surface area contributed by atoms with Gasteiger partial charge in [0.2, 0.25) is 0 Å². The third-order valence-electron chi connectivity index (χ3n) is 2.93. The number of fused-ring (bicyclic) bond motifs is 2. The van der Waals surface area contributed by atoms with Gasteiger partial charge < -0.3 is 5.11 Å². The molecule has 1 unspecified atom stereocenters. The zero-order valence-electron chi connectivity index (χ0n) is 8.67. The topological polar surface area (TPSA) is 43.8 Å². The van der Waals surface area contributed by atoms with Crippen LogP contribution in [0.4, 0.5) is 0 Å². The molecule has 1 saturated heterocycles. The summed E-state index contributed by atoms with van der Waals surface area (Å²) in [5.74, 6) is 0.630. The van der Waals surface area contributed by atoms with E-state index in [2.05, 4.69) is 0 Å². The number of carbonyl (C=O) groups excluding carboxylic acids is 1. The normalized spacial score (nSPS) is 25.2. The molecular formula is C11H12N2O2S. The lowest BCUT2D eigenvalue weighted by atomic mass is 10.2. The molecule has 0 radical (unpaired) electrons. The molecule has 4 nitrogen and oxygen atoms in total. The van der Waals surface area contributed by atoms with Gasteiger partial charge in [-0.2, -0.15) is 0 Å². The van der Waals surface area contributed by atoms with Crippen LogP contribution in [0.2, 0.25) is 0 Å². The fourth-order valence-corrected chi connectivity index (χ4v) is 3.14. The third kappa shape index (κ3) is 1.43. The van der Waals surface area contributed by atoms with Gasteiger partial charge in [-0.3, -0.25) is 4.79 Å². The molecule has 0 spiro atoms. The van der Waals surface area contributed by atoms with E-state index in [-0.39, 0.29) is 5.91 Å². The summed E-state index contributed by atoms with van der Waals surface area (Å²) in [6, 6.07) is 7.56. The molecule has 2 heterocycles. The molecule has 5 heteroatoms. The number of aliphatic hydroxyl groups is 1. The fourth-order valence-electron chi connectivity index (χ4n) is 2.11. The monoisotopic (exact) mass is 236 g/mol. The SMILES string of the molecule is O=C1c2ccccc2SCN2CCC(O)N12. The molecule has 2 aliphatic rings. The zero-order chi connectivity index (χ0) is 11.1. The molecule has 0 aliphatic carbocycles. The van der Waals surface area contributed by atoms with Crippen molar-refractivity contribution in [1.29, 1.82) is 0 Å². The van der Waals surface area contributed by atoms with E-state index in [4.69, 9.17) is 0 Å². The number of thioether (sulfide) groups is 1. The Labute approximate surface area is 97.8 Å². The van der Waals surface area contributed by atoms with Gasteiger partial charge in [-0.05, 0) is 12.1 Å². The zero-order valence-corrected chi connectivity index (χ0v) is 9.48. The average Bonchev–Trinajstić information content (AvgIpc) is 2.60.